The zero-order chi connectivity index (χ0) is 20.3. The largest absolute Gasteiger partial charge is 0.477 e. The molecule has 2 heterocycles. The molecule has 9 heteroatoms. The van der Waals surface area contributed by atoms with Gasteiger partial charge < -0.3 is 14.1 Å². The fourth-order valence-electron chi connectivity index (χ4n) is 2.55. The number of furan rings is 1. The average molecular weight is 381 g/mol. The lowest BCUT2D eigenvalue weighted by Crippen LogP contribution is -2.19. The van der Waals surface area contributed by atoms with Gasteiger partial charge in [0.2, 0.25) is 5.43 Å². The minimum Gasteiger partial charge on any atom is -0.477 e. The Kier molecular flexibility index (Phi) is 5.16. The Balaban J connectivity index is 1.89. The Labute approximate surface area is 158 Å². The van der Waals surface area contributed by atoms with Crippen LogP contribution in [-0.4, -0.2) is 26.8 Å². The number of aromatic carboxylic acids is 1. The molecule has 3 rings (SSSR count). The van der Waals surface area contributed by atoms with E-state index in [0.29, 0.717) is 17.8 Å². The van der Waals surface area contributed by atoms with E-state index in [9.17, 15) is 24.8 Å². The van der Waals surface area contributed by atoms with Crippen LogP contribution in [0.1, 0.15) is 23.0 Å². The van der Waals surface area contributed by atoms with Gasteiger partial charge in [-0.25, -0.2) is 4.79 Å². The third-order valence-electron chi connectivity index (χ3n) is 3.99. The van der Waals surface area contributed by atoms with Crippen molar-refractivity contribution in [2.24, 2.45) is 4.99 Å². The molecule has 0 radical (unpaired) electrons. The van der Waals surface area contributed by atoms with E-state index in [0.717, 1.165) is 0 Å². The van der Waals surface area contributed by atoms with Gasteiger partial charge in [-0.05, 0) is 30.7 Å². The van der Waals surface area contributed by atoms with Gasteiger partial charge in [0.1, 0.15) is 10.5 Å². The molecule has 0 unspecified atom stereocenters. The van der Waals surface area contributed by atoms with E-state index in [4.69, 9.17) is 4.42 Å². The van der Waals surface area contributed by atoms with Crippen LogP contribution in [0.15, 0.2) is 63.0 Å². The van der Waals surface area contributed by atoms with Gasteiger partial charge in [-0.15, -0.1) is 0 Å². The zero-order valence-electron chi connectivity index (χ0n) is 14.7. The summed E-state index contributed by atoms with van der Waals surface area (Å²) in [6.45, 7) is 2.36. The summed E-state index contributed by atoms with van der Waals surface area (Å²) in [6, 6.07) is 9.26. The summed E-state index contributed by atoms with van der Waals surface area (Å²) in [5, 5.41) is 19.8. The number of carboxylic acids is 1. The van der Waals surface area contributed by atoms with E-state index in [1.807, 2.05) is 6.92 Å². The van der Waals surface area contributed by atoms with E-state index in [1.165, 1.54) is 24.5 Å². The number of aromatic nitrogens is 1. The number of carbonyl (C=O) groups is 1. The molecule has 0 atom stereocenters. The van der Waals surface area contributed by atoms with Crippen LogP contribution in [0.2, 0.25) is 0 Å². The van der Waals surface area contributed by atoms with Crippen molar-refractivity contribution in [3.8, 4) is 11.1 Å². The van der Waals surface area contributed by atoms with E-state index in [1.54, 1.807) is 35.0 Å². The topological polar surface area (TPSA) is 128 Å². The second kappa shape index (κ2) is 7.70. The molecule has 1 N–H and O–H groups in total. The first-order chi connectivity index (χ1) is 13.4. The lowest BCUT2D eigenvalue weighted by atomic mass is 10.0. The van der Waals surface area contributed by atoms with Gasteiger partial charge in [-0.2, -0.15) is 0 Å². The van der Waals surface area contributed by atoms with Crippen LogP contribution in [0.5, 0.6) is 0 Å². The van der Waals surface area contributed by atoms with Crippen molar-refractivity contribution in [1.29, 1.82) is 0 Å². The smallest absolute Gasteiger partial charge is 0.433 e. The van der Waals surface area contributed by atoms with Crippen molar-refractivity contribution in [1.82, 2.24) is 4.57 Å². The number of benzene rings is 1. The molecule has 0 spiro atoms. The van der Waals surface area contributed by atoms with Crippen LogP contribution in [0.3, 0.4) is 0 Å². The highest BCUT2D eigenvalue weighted by Gasteiger charge is 2.15. The molecule has 0 amide bonds. The minimum atomic E-state index is -1.28. The van der Waals surface area contributed by atoms with Crippen LogP contribution in [-0.2, 0) is 6.54 Å². The van der Waals surface area contributed by atoms with Crippen molar-refractivity contribution in [2.75, 3.05) is 0 Å². The number of aliphatic imine (C=N–C) groups is 1. The van der Waals surface area contributed by atoms with Crippen molar-refractivity contribution < 1.29 is 19.2 Å². The molecule has 2 aromatic heterocycles. The summed E-state index contributed by atoms with van der Waals surface area (Å²) in [5.74, 6) is -1.42. The van der Waals surface area contributed by atoms with Crippen LogP contribution in [0.25, 0.3) is 11.1 Å². The maximum absolute atomic E-state index is 12.4. The number of carboxylic acid groups (broad SMARTS) is 1. The molecular formula is C19H15N3O6. The maximum Gasteiger partial charge on any atom is 0.433 e. The number of nitro groups is 1. The highest BCUT2D eigenvalue weighted by Crippen LogP contribution is 2.21. The zero-order valence-corrected chi connectivity index (χ0v) is 14.7. The average Bonchev–Trinajstić information content (AvgIpc) is 3.16. The van der Waals surface area contributed by atoms with Crippen LogP contribution >= 0.6 is 0 Å². The number of pyridine rings is 1. The molecule has 9 nitrogen and oxygen atoms in total. The molecular weight excluding hydrogens is 366 g/mol. The van der Waals surface area contributed by atoms with Crippen LogP contribution in [0, 0.1) is 10.1 Å². The first-order valence-electron chi connectivity index (χ1n) is 8.25. The van der Waals surface area contributed by atoms with Gasteiger partial charge in [0.05, 0.1) is 18.0 Å². The Morgan fingerprint density at radius 2 is 1.96 bits per heavy atom. The summed E-state index contributed by atoms with van der Waals surface area (Å²) in [7, 11) is 0. The lowest BCUT2D eigenvalue weighted by Gasteiger charge is -2.09. The Morgan fingerprint density at radius 1 is 1.25 bits per heavy atom. The second-order valence-electron chi connectivity index (χ2n) is 5.79. The predicted octanol–water partition coefficient (Wildman–Crippen LogP) is 3.49. The summed E-state index contributed by atoms with van der Waals surface area (Å²) in [4.78, 5) is 37.9. The second-order valence-corrected chi connectivity index (χ2v) is 5.79. The molecule has 0 saturated heterocycles. The van der Waals surface area contributed by atoms with Gasteiger partial charge in [0.25, 0.3) is 0 Å². The molecule has 0 aliphatic heterocycles. The van der Waals surface area contributed by atoms with E-state index >= 15 is 0 Å². The minimum absolute atomic E-state index is 0.232. The number of nitrogens with zero attached hydrogens (tertiary/aromatic N) is 3. The van der Waals surface area contributed by atoms with E-state index in [-0.39, 0.29) is 22.8 Å². The Morgan fingerprint density at radius 3 is 2.54 bits per heavy atom. The number of aryl methyl sites for hydroxylation is 1. The molecule has 0 bridgehead atoms. The Bertz CT molecular complexity index is 1130. The summed E-state index contributed by atoms with van der Waals surface area (Å²) in [5.41, 5.74) is 0.520. The normalized spacial score (nSPS) is 11.0. The summed E-state index contributed by atoms with van der Waals surface area (Å²) >= 11 is 0. The van der Waals surface area contributed by atoms with Gasteiger partial charge in [-0.1, -0.05) is 12.1 Å². The van der Waals surface area contributed by atoms with Crippen molar-refractivity contribution in [3.05, 3.63) is 80.5 Å². The molecule has 1 aromatic carbocycles. The predicted molar refractivity (Wildman–Crippen MR) is 101 cm³/mol. The van der Waals surface area contributed by atoms with Gasteiger partial charge in [0, 0.05) is 24.5 Å². The fraction of sp³-hybridized carbons (Fsp3) is 0.105. The van der Waals surface area contributed by atoms with Gasteiger partial charge in [0.15, 0.2) is 5.76 Å². The summed E-state index contributed by atoms with van der Waals surface area (Å²) in [6.07, 6.45) is 4.27. The molecule has 0 aliphatic rings. The van der Waals surface area contributed by atoms with Crippen molar-refractivity contribution in [3.63, 3.8) is 0 Å². The number of hydrogen-bond acceptors (Lipinski definition) is 6. The van der Waals surface area contributed by atoms with E-state index < -0.39 is 16.3 Å². The SMILES string of the molecule is CCn1cc(C(=O)O)c(=O)c(-c2ccc(N=Cc3ccc([N+](=O)[O-])o3)cc2)c1. The highest BCUT2D eigenvalue weighted by atomic mass is 16.6. The molecule has 0 saturated carbocycles. The van der Waals surface area contributed by atoms with Gasteiger partial charge in [-0.3, -0.25) is 19.9 Å². The third kappa shape index (κ3) is 3.88. The summed E-state index contributed by atoms with van der Waals surface area (Å²) < 4.78 is 6.62. The molecule has 142 valence electrons. The maximum atomic E-state index is 12.4. The molecule has 28 heavy (non-hydrogen) atoms. The molecule has 0 fully saturated rings. The molecule has 0 aliphatic carbocycles. The number of hydrogen-bond donors (Lipinski definition) is 1. The van der Waals surface area contributed by atoms with Crippen LogP contribution in [0.4, 0.5) is 11.6 Å². The van der Waals surface area contributed by atoms with Gasteiger partial charge >= 0.3 is 11.9 Å². The van der Waals surface area contributed by atoms with Crippen LogP contribution < -0.4 is 5.43 Å². The Hall–Kier alpha value is -4.01. The van der Waals surface area contributed by atoms with E-state index in [2.05, 4.69) is 4.99 Å². The standard InChI is InChI=1S/C19H15N3O6/c1-2-21-10-15(18(23)16(11-21)19(24)25)12-3-5-13(6-4-12)20-9-14-7-8-17(28-14)22(26)27/h3-11H,2H2,1H3,(H,24,25). The van der Waals surface area contributed by atoms with Crippen molar-refractivity contribution in [2.45, 2.75) is 13.5 Å². The quantitative estimate of drug-likeness (QED) is 0.395. The first-order valence-corrected chi connectivity index (χ1v) is 8.25. The monoisotopic (exact) mass is 381 g/mol. The third-order valence-corrected chi connectivity index (χ3v) is 3.99. The number of rotatable bonds is 6. The lowest BCUT2D eigenvalue weighted by molar-refractivity contribution is -0.402. The highest BCUT2D eigenvalue weighted by molar-refractivity contribution is 5.89. The van der Waals surface area contributed by atoms with Crippen molar-refractivity contribution >= 4 is 23.8 Å². The first kappa shape index (κ1) is 18.8. The molecule has 3 aromatic rings. The fourth-order valence-corrected chi connectivity index (χ4v) is 2.55.